The van der Waals surface area contributed by atoms with E-state index in [1.54, 1.807) is 6.92 Å². The highest BCUT2D eigenvalue weighted by Crippen LogP contribution is 2.28. The lowest BCUT2D eigenvalue weighted by Crippen LogP contribution is -2.37. The molecule has 0 aliphatic rings. The Morgan fingerprint density at radius 2 is 2.00 bits per heavy atom. The topological polar surface area (TPSA) is 75.7 Å². The number of methoxy groups -OCH3 is 1. The van der Waals surface area contributed by atoms with Gasteiger partial charge in [0, 0.05) is 12.2 Å². The van der Waals surface area contributed by atoms with Crippen LogP contribution in [0.15, 0.2) is 47.4 Å². The summed E-state index contributed by atoms with van der Waals surface area (Å²) in [5.74, 6) is -0.742. The minimum absolute atomic E-state index is 0.0521. The van der Waals surface area contributed by atoms with Crippen molar-refractivity contribution in [3.05, 3.63) is 53.3 Å². The van der Waals surface area contributed by atoms with Gasteiger partial charge in [0.15, 0.2) is 0 Å². The number of amides is 1. The molecule has 0 aliphatic carbocycles. The van der Waals surface area contributed by atoms with Crippen LogP contribution in [0.25, 0.3) is 0 Å². The van der Waals surface area contributed by atoms with Crippen molar-refractivity contribution in [2.24, 2.45) is 0 Å². The standard InChI is InChI=1S/C17H18ClFN2O4S/c1-3-21(11-17(22)20-13-6-4-5-12(19)9-13)26(23,24)14-7-8-16(25-2)15(18)10-14/h4-10H,3,11H2,1-2H3,(H,20,22). The third-order valence-electron chi connectivity index (χ3n) is 3.54. The molecular weight excluding hydrogens is 383 g/mol. The van der Waals surface area contributed by atoms with E-state index in [0.717, 1.165) is 10.4 Å². The first-order valence-corrected chi connectivity index (χ1v) is 9.49. The fraction of sp³-hybridized carbons (Fsp3) is 0.235. The maximum atomic E-state index is 13.2. The molecule has 0 saturated heterocycles. The lowest BCUT2D eigenvalue weighted by molar-refractivity contribution is -0.116. The predicted molar refractivity (Wildman–Crippen MR) is 97.5 cm³/mol. The van der Waals surface area contributed by atoms with Crippen LogP contribution >= 0.6 is 11.6 Å². The fourth-order valence-corrected chi connectivity index (χ4v) is 4.00. The summed E-state index contributed by atoms with van der Waals surface area (Å²) in [6.45, 7) is 1.26. The molecule has 140 valence electrons. The molecule has 6 nitrogen and oxygen atoms in total. The Bertz CT molecular complexity index is 905. The molecule has 2 aromatic rings. The van der Waals surface area contributed by atoms with Crippen molar-refractivity contribution in [3.8, 4) is 5.75 Å². The molecule has 0 bridgehead atoms. The van der Waals surface area contributed by atoms with Gasteiger partial charge in [-0.1, -0.05) is 24.6 Å². The van der Waals surface area contributed by atoms with Gasteiger partial charge >= 0.3 is 0 Å². The number of nitrogens with one attached hydrogen (secondary N) is 1. The van der Waals surface area contributed by atoms with E-state index in [1.807, 2.05) is 0 Å². The second kappa shape index (κ2) is 8.48. The Morgan fingerprint density at radius 1 is 1.27 bits per heavy atom. The van der Waals surface area contributed by atoms with Gasteiger partial charge in [0.1, 0.15) is 11.6 Å². The first kappa shape index (κ1) is 20.2. The van der Waals surface area contributed by atoms with Gasteiger partial charge in [0.2, 0.25) is 15.9 Å². The van der Waals surface area contributed by atoms with Crippen molar-refractivity contribution in [2.75, 3.05) is 25.5 Å². The fourth-order valence-electron chi connectivity index (χ4n) is 2.25. The Morgan fingerprint density at radius 3 is 2.58 bits per heavy atom. The van der Waals surface area contributed by atoms with Gasteiger partial charge in [-0.2, -0.15) is 4.31 Å². The van der Waals surface area contributed by atoms with E-state index in [-0.39, 0.29) is 22.2 Å². The number of sulfonamides is 1. The molecule has 0 aliphatic heterocycles. The zero-order chi connectivity index (χ0) is 19.3. The van der Waals surface area contributed by atoms with Crippen LogP contribution in [0.4, 0.5) is 10.1 Å². The van der Waals surface area contributed by atoms with Crippen LogP contribution in [0.1, 0.15) is 6.92 Å². The summed E-state index contributed by atoms with van der Waals surface area (Å²) in [5, 5.41) is 2.62. The van der Waals surface area contributed by atoms with Crippen LogP contribution in [-0.4, -0.2) is 38.8 Å². The minimum Gasteiger partial charge on any atom is -0.495 e. The predicted octanol–water partition coefficient (Wildman–Crippen LogP) is 3.14. The summed E-state index contributed by atoms with van der Waals surface area (Å²) in [4.78, 5) is 12.1. The van der Waals surface area contributed by atoms with Crippen molar-refractivity contribution in [3.63, 3.8) is 0 Å². The number of carbonyl (C=O) groups is 1. The Kier molecular flexibility index (Phi) is 6.57. The molecule has 26 heavy (non-hydrogen) atoms. The number of benzene rings is 2. The largest absolute Gasteiger partial charge is 0.495 e. The number of rotatable bonds is 7. The Balaban J connectivity index is 2.18. The second-order valence-electron chi connectivity index (χ2n) is 5.29. The molecule has 0 aromatic heterocycles. The third-order valence-corrected chi connectivity index (χ3v) is 5.75. The van der Waals surface area contributed by atoms with Crippen LogP contribution in [0.5, 0.6) is 5.75 Å². The van der Waals surface area contributed by atoms with Gasteiger partial charge in [-0.05, 0) is 36.4 Å². The number of likely N-dealkylation sites (N-methyl/N-ethyl adjacent to an activating group) is 1. The van der Waals surface area contributed by atoms with Crippen LogP contribution in [0, 0.1) is 5.82 Å². The van der Waals surface area contributed by atoms with Crippen LogP contribution in [0.2, 0.25) is 5.02 Å². The Hall–Kier alpha value is -2.16. The summed E-state index contributed by atoms with van der Waals surface area (Å²) in [7, 11) is -2.51. The number of anilines is 1. The molecule has 0 unspecified atom stereocenters. The lowest BCUT2D eigenvalue weighted by atomic mass is 10.3. The van der Waals surface area contributed by atoms with Gasteiger partial charge in [0.05, 0.1) is 23.6 Å². The highest BCUT2D eigenvalue weighted by Gasteiger charge is 2.26. The van der Waals surface area contributed by atoms with Crippen molar-refractivity contribution in [1.29, 1.82) is 0 Å². The number of hydrogen-bond donors (Lipinski definition) is 1. The van der Waals surface area contributed by atoms with Crippen LogP contribution in [0.3, 0.4) is 0 Å². The van der Waals surface area contributed by atoms with Gasteiger partial charge in [-0.3, -0.25) is 4.79 Å². The zero-order valence-electron chi connectivity index (χ0n) is 14.2. The number of carbonyl (C=O) groups excluding carboxylic acids is 1. The summed E-state index contributed by atoms with van der Waals surface area (Å²) in [5.41, 5.74) is 0.246. The van der Waals surface area contributed by atoms with E-state index < -0.39 is 28.3 Å². The first-order chi connectivity index (χ1) is 12.3. The monoisotopic (exact) mass is 400 g/mol. The van der Waals surface area contributed by atoms with Gasteiger partial charge < -0.3 is 10.1 Å². The number of nitrogens with zero attached hydrogens (tertiary/aromatic N) is 1. The molecule has 0 atom stereocenters. The van der Waals surface area contributed by atoms with Gasteiger partial charge in [-0.25, -0.2) is 12.8 Å². The van der Waals surface area contributed by atoms with Crippen molar-refractivity contribution >= 4 is 33.2 Å². The highest BCUT2D eigenvalue weighted by molar-refractivity contribution is 7.89. The first-order valence-electron chi connectivity index (χ1n) is 7.67. The van der Waals surface area contributed by atoms with Crippen molar-refractivity contribution < 1.29 is 22.3 Å². The number of ether oxygens (including phenoxy) is 1. The molecule has 0 spiro atoms. The average Bonchev–Trinajstić information content (AvgIpc) is 2.59. The maximum absolute atomic E-state index is 13.2. The van der Waals surface area contributed by atoms with E-state index in [4.69, 9.17) is 16.3 Å². The number of halogens is 2. The molecule has 0 saturated carbocycles. The highest BCUT2D eigenvalue weighted by atomic mass is 35.5. The normalized spacial score (nSPS) is 11.4. The van der Waals surface area contributed by atoms with Crippen LogP contribution < -0.4 is 10.1 Å². The SMILES string of the molecule is CCN(CC(=O)Nc1cccc(F)c1)S(=O)(=O)c1ccc(OC)c(Cl)c1. The molecule has 0 heterocycles. The smallest absolute Gasteiger partial charge is 0.243 e. The summed E-state index contributed by atoms with van der Waals surface area (Å²) in [6, 6.07) is 9.40. The van der Waals surface area contributed by atoms with E-state index in [1.165, 1.54) is 43.5 Å². The third kappa shape index (κ3) is 4.72. The summed E-state index contributed by atoms with van der Waals surface area (Å²) in [6.07, 6.45) is 0. The maximum Gasteiger partial charge on any atom is 0.243 e. The second-order valence-corrected chi connectivity index (χ2v) is 7.63. The molecule has 0 radical (unpaired) electrons. The van der Waals surface area contributed by atoms with E-state index in [0.29, 0.717) is 5.75 Å². The van der Waals surface area contributed by atoms with Gasteiger partial charge in [0.25, 0.3) is 0 Å². The minimum atomic E-state index is -3.94. The van der Waals surface area contributed by atoms with Crippen molar-refractivity contribution in [2.45, 2.75) is 11.8 Å². The quantitative estimate of drug-likeness (QED) is 0.774. The van der Waals surface area contributed by atoms with E-state index >= 15 is 0 Å². The molecule has 9 heteroatoms. The van der Waals surface area contributed by atoms with Gasteiger partial charge in [-0.15, -0.1) is 0 Å². The molecule has 1 N–H and O–H groups in total. The summed E-state index contributed by atoms with van der Waals surface area (Å²) >= 11 is 5.99. The van der Waals surface area contributed by atoms with Crippen molar-refractivity contribution in [1.82, 2.24) is 4.31 Å². The average molecular weight is 401 g/mol. The lowest BCUT2D eigenvalue weighted by Gasteiger charge is -2.20. The van der Waals surface area contributed by atoms with E-state index in [2.05, 4.69) is 5.32 Å². The molecule has 2 aromatic carbocycles. The van der Waals surface area contributed by atoms with Crippen LogP contribution in [-0.2, 0) is 14.8 Å². The molecule has 0 fully saturated rings. The summed E-state index contributed by atoms with van der Waals surface area (Å²) < 4.78 is 44.7. The molecule has 2 rings (SSSR count). The zero-order valence-corrected chi connectivity index (χ0v) is 15.8. The van der Waals surface area contributed by atoms with E-state index in [9.17, 15) is 17.6 Å². The number of hydrogen-bond acceptors (Lipinski definition) is 4. The molecule has 1 amide bonds. The molecular formula is C17H18ClFN2O4S. The Labute approximate surface area is 156 Å².